The van der Waals surface area contributed by atoms with Crippen molar-refractivity contribution in [1.82, 2.24) is 9.88 Å². The second-order valence-electron chi connectivity index (χ2n) is 6.39. The molecule has 4 heterocycles. The average molecular weight is 329 g/mol. The fourth-order valence-electron chi connectivity index (χ4n) is 3.62. The Balaban J connectivity index is 1.77. The minimum atomic E-state index is -4.33. The van der Waals surface area contributed by atoms with Crippen LogP contribution in [0.25, 0.3) is 0 Å². The van der Waals surface area contributed by atoms with Gasteiger partial charge in [-0.25, -0.2) is 4.98 Å². The third kappa shape index (κ3) is 3.77. The summed E-state index contributed by atoms with van der Waals surface area (Å²) in [5.74, 6) is 0.910. The molecule has 0 aliphatic carbocycles. The summed E-state index contributed by atoms with van der Waals surface area (Å²) in [7, 11) is 1.69. The molecule has 4 rings (SSSR count). The van der Waals surface area contributed by atoms with Crippen molar-refractivity contribution >= 4 is 5.82 Å². The Bertz CT molecular complexity index is 538. The molecule has 0 unspecified atom stereocenters. The Labute approximate surface area is 134 Å². The van der Waals surface area contributed by atoms with Crippen LogP contribution in [0.1, 0.15) is 18.4 Å². The summed E-state index contributed by atoms with van der Waals surface area (Å²) in [6.07, 6.45) is -0.853. The highest BCUT2D eigenvalue weighted by Gasteiger charge is 2.36. The molecule has 4 nitrogen and oxygen atoms in total. The molecule has 0 amide bonds. The van der Waals surface area contributed by atoms with Gasteiger partial charge in [0.25, 0.3) is 0 Å². The molecule has 2 bridgehead atoms. The van der Waals surface area contributed by atoms with Crippen LogP contribution < -0.4 is 4.90 Å². The number of halogens is 3. The summed E-state index contributed by atoms with van der Waals surface area (Å²) in [6, 6.07) is 2.56. The van der Waals surface area contributed by atoms with Crippen LogP contribution in [0.5, 0.6) is 0 Å². The van der Waals surface area contributed by atoms with Gasteiger partial charge in [-0.15, -0.1) is 0 Å². The van der Waals surface area contributed by atoms with Crippen LogP contribution in [0.2, 0.25) is 0 Å². The van der Waals surface area contributed by atoms with Gasteiger partial charge in [-0.3, -0.25) is 4.90 Å². The van der Waals surface area contributed by atoms with Crippen molar-refractivity contribution in [3.8, 4) is 0 Å². The minimum Gasteiger partial charge on any atom is -0.383 e. The third-order valence-electron chi connectivity index (χ3n) is 4.81. The first-order valence-corrected chi connectivity index (χ1v) is 7.98. The van der Waals surface area contributed by atoms with Crippen LogP contribution in [0.4, 0.5) is 19.0 Å². The number of rotatable bonds is 4. The molecular weight excluding hydrogens is 307 g/mol. The predicted molar refractivity (Wildman–Crippen MR) is 81.4 cm³/mol. The third-order valence-corrected chi connectivity index (χ3v) is 4.81. The number of ether oxygens (including phenoxy) is 1. The summed E-state index contributed by atoms with van der Waals surface area (Å²) in [5.41, 5.74) is -0.629. The second kappa shape index (κ2) is 6.65. The van der Waals surface area contributed by atoms with E-state index in [0.717, 1.165) is 45.1 Å². The molecule has 1 aromatic rings. The van der Waals surface area contributed by atoms with Crippen molar-refractivity contribution in [1.29, 1.82) is 0 Å². The van der Waals surface area contributed by atoms with Crippen molar-refractivity contribution in [3.05, 3.63) is 23.9 Å². The van der Waals surface area contributed by atoms with E-state index >= 15 is 0 Å². The van der Waals surface area contributed by atoms with E-state index < -0.39 is 11.7 Å². The highest BCUT2D eigenvalue weighted by atomic mass is 19.4. The standard InChI is InChI=1S/C16H22F3N3O/c1-23-7-6-21-9-12-2-3-14(21)11-22(10-12)15-8-13(4-5-20-15)16(17,18)19/h4-5,8,12,14H,2-3,6-7,9-11H2,1H3/t12-,14-/m1/s1. The molecule has 3 aliphatic rings. The van der Waals surface area contributed by atoms with Crippen molar-refractivity contribution in [3.63, 3.8) is 0 Å². The van der Waals surface area contributed by atoms with Gasteiger partial charge < -0.3 is 9.64 Å². The van der Waals surface area contributed by atoms with E-state index in [2.05, 4.69) is 9.88 Å². The Hall–Kier alpha value is -1.34. The maximum atomic E-state index is 12.9. The summed E-state index contributed by atoms with van der Waals surface area (Å²) in [4.78, 5) is 8.61. The number of pyridine rings is 1. The van der Waals surface area contributed by atoms with Crippen LogP contribution >= 0.6 is 0 Å². The predicted octanol–water partition coefficient (Wildman–Crippen LogP) is 2.65. The van der Waals surface area contributed by atoms with Gasteiger partial charge in [-0.1, -0.05) is 0 Å². The first kappa shape index (κ1) is 16.5. The minimum absolute atomic E-state index is 0.361. The van der Waals surface area contributed by atoms with Crippen molar-refractivity contribution in [2.24, 2.45) is 5.92 Å². The van der Waals surface area contributed by atoms with E-state index in [0.29, 0.717) is 24.4 Å². The van der Waals surface area contributed by atoms with E-state index in [1.54, 1.807) is 7.11 Å². The SMILES string of the molecule is COCCN1C[C@H]2CC[C@@H]1CN(c1cc(C(F)(F)F)ccn1)C2. The van der Waals surface area contributed by atoms with E-state index in [9.17, 15) is 13.2 Å². The quantitative estimate of drug-likeness (QED) is 0.849. The fourth-order valence-corrected chi connectivity index (χ4v) is 3.62. The number of methoxy groups -OCH3 is 1. The fraction of sp³-hybridized carbons (Fsp3) is 0.688. The second-order valence-corrected chi connectivity index (χ2v) is 6.39. The lowest BCUT2D eigenvalue weighted by atomic mass is 9.95. The molecule has 3 saturated heterocycles. The van der Waals surface area contributed by atoms with Crippen LogP contribution in [-0.2, 0) is 10.9 Å². The molecule has 0 spiro atoms. The van der Waals surface area contributed by atoms with E-state index in [1.165, 1.54) is 12.3 Å². The zero-order chi connectivity index (χ0) is 16.4. The molecule has 0 N–H and O–H groups in total. The number of nitrogens with zero attached hydrogens (tertiary/aromatic N) is 3. The normalized spacial score (nSPS) is 25.7. The molecule has 0 aromatic carbocycles. The Kier molecular flexibility index (Phi) is 4.77. The Morgan fingerprint density at radius 3 is 2.83 bits per heavy atom. The topological polar surface area (TPSA) is 28.6 Å². The summed E-state index contributed by atoms with van der Waals surface area (Å²) >= 11 is 0. The van der Waals surface area contributed by atoms with Crippen molar-refractivity contribution < 1.29 is 17.9 Å². The smallest absolute Gasteiger partial charge is 0.383 e. The molecule has 23 heavy (non-hydrogen) atoms. The monoisotopic (exact) mass is 329 g/mol. The van der Waals surface area contributed by atoms with E-state index in [-0.39, 0.29) is 0 Å². The molecule has 3 fully saturated rings. The first-order valence-electron chi connectivity index (χ1n) is 7.98. The first-order chi connectivity index (χ1) is 11.0. The summed E-state index contributed by atoms with van der Waals surface area (Å²) < 4.78 is 43.9. The number of piperidine rings is 1. The largest absolute Gasteiger partial charge is 0.416 e. The Morgan fingerprint density at radius 2 is 2.09 bits per heavy atom. The van der Waals surface area contributed by atoms with Gasteiger partial charge in [0.15, 0.2) is 0 Å². The van der Waals surface area contributed by atoms with Gasteiger partial charge in [0.1, 0.15) is 5.82 Å². The van der Waals surface area contributed by atoms with E-state index in [1.807, 2.05) is 4.90 Å². The summed E-state index contributed by atoms with van der Waals surface area (Å²) in [6.45, 7) is 4.05. The molecule has 0 radical (unpaired) electrons. The highest BCUT2D eigenvalue weighted by Crippen LogP contribution is 2.33. The molecule has 0 saturated carbocycles. The lowest BCUT2D eigenvalue weighted by Gasteiger charge is -2.35. The number of hydrogen-bond acceptors (Lipinski definition) is 4. The lowest BCUT2D eigenvalue weighted by molar-refractivity contribution is -0.137. The van der Waals surface area contributed by atoms with Crippen LogP contribution in [-0.4, -0.2) is 55.8 Å². The molecule has 3 aliphatic heterocycles. The molecule has 1 aromatic heterocycles. The number of fused-ring (bicyclic) bond motifs is 4. The van der Waals surface area contributed by atoms with Gasteiger partial charge in [0.05, 0.1) is 12.2 Å². The number of alkyl halides is 3. The number of aromatic nitrogens is 1. The average Bonchev–Trinajstić information content (AvgIpc) is 2.84. The number of hydrogen-bond donors (Lipinski definition) is 0. The van der Waals surface area contributed by atoms with Gasteiger partial charge in [-0.05, 0) is 30.9 Å². The molecule has 128 valence electrons. The van der Waals surface area contributed by atoms with Crippen molar-refractivity contribution in [2.75, 3.05) is 44.8 Å². The van der Waals surface area contributed by atoms with Crippen LogP contribution in [0.3, 0.4) is 0 Å². The van der Waals surface area contributed by atoms with Crippen LogP contribution in [0.15, 0.2) is 18.3 Å². The Morgan fingerprint density at radius 1 is 1.26 bits per heavy atom. The molecule has 7 heteroatoms. The van der Waals surface area contributed by atoms with Gasteiger partial charge >= 0.3 is 6.18 Å². The van der Waals surface area contributed by atoms with E-state index in [4.69, 9.17) is 4.74 Å². The van der Waals surface area contributed by atoms with Gasteiger partial charge in [-0.2, -0.15) is 13.2 Å². The molecular formula is C16H22F3N3O. The molecule has 2 atom stereocenters. The zero-order valence-corrected chi connectivity index (χ0v) is 13.2. The highest BCUT2D eigenvalue weighted by molar-refractivity contribution is 5.42. The lowest BCUT2D eigenvalue weighted by Crippen LogP contribution is -2.45. The van der Waals surface area contributed by atoms with Crippen molar-refractivity contribution in [2.45, 2.75) is 25.1 Å². The van der Waals surface area contributed by atoms with Gasteiger partial charge in [0.2, 0.25) is 0 Å². The van der Waals surface area contributed by atoms with Gasteiger partial charge in [0, 0.05) is 45.5 Å². The zero-order valence-electron chi connectivity index (χ0n) is 13.2. The maximum absolute atomic E-state index is 12.9. The maximum Gasteiger partial charge on any atom is 0.416 e. The number of anilines is 1. The van der Waals surface area contributed by atoms with Crippen LogP contribution in [0, 0.1) is 5.92 Å². The summed E-state index contributed by atoms with van der Waals surface area (Å²) in [5, 5.41) is 0.